The number of anilines is 1. The molecule has 1 fully saturated rings. The standard InChI is InChI=1S/C22H27N3O2S/c1-2-13-25(15-18-10-7-14-28-18)16-21(26)24-20-12-6-5-11-19(20)22(27)23-17-8-3-4-9-17/h2,5-7,10-12,14,17H,1,3-4,8-9,13,15-16H2,(H,23,27)(H,24,26). The van der Waals surface area contributed by atoms with Crippen LogP contribution in [0.15, 0.2) is 54.4 Å². The van der Waals surface area contributed by atoms with E-state index in [4.69, 9.17) is 0 Å². The Bertz CT molecular complexity index is 798. The van der Waals surface area contributed by atoms with E-state index in [2.05, 4.69) is 23.3 Å². The van der Waals surface area contributed by atoms with Gasteiger partial charge in [0.2, 0.25) is 5.91 Å². The van der Waals surface area contributed by atoms with E-state index in [0.29, 0.717) is 24.3 Å². The Balaban J connectivity index is 1.62. The smallest absolute Gasteiger partial charge is 0.253 e. The van der Waals surface area contributed by atoms with Gasteiger partial charge >= 0.3 is 0 Å². The van der Waals surface area contributed by atoms with Gasteiger partial charge in [0.1, 0.15) is 0 Å². The highest BCUT2D eigenvalue weighted by molar-refractivity contribution is 7.09. The molecule has 6 heteroatoms. The van der Waals surface area contributed by atoms with Crippen LogP contribution in [0.25, 0.3) is 0 Å². The molecule has 1 aliphatic carbocycles. The van der Waals surface area contributed by atoms with Gasteiger partial charge in [-0.2, -0.15) is 0 Å². The van der Waals surface area contributed by atoms with Gasteiger partial charge < -0.3 is 10.6 Å². The third kappa shape index (κ3) is 5.78. The van der Waals surface area contributed by atoms with Crippen molar-refractivity contribution in [3.8, 4) is 0 Å². The first kappa shape index (κ1) is 20.3. The van der Waals surface area contributed by atoms with Gasteiger partial charge in [-0.05, 0) is 36.4 Å². The number of hydrogen-bond donors (Lipinski definition) is 2. The Morgan fingerprint density at radius 2 is 1.96 bits per heavy atom. The fourth-order valence-corrected chi connectivity index (χ4v) is 4.25. The lowest BCUT2D eigenvalue weighted by Crippen LogP contribution is -2.35. The van der Waals surface area contributed by atoms with Gasteiger partial charge in [0.05, 0.1) is 17.8 Å². The molecule has 0 spiro atoms. The van der Waals surface area contributed by atoms with Crippen molar-refractivity contribution in [3.05, 3.63) is 64.9 Å². The highest BCUT2D eigenvalue weighted by Gasteiger charge is 2.20. The first-order chi connectivity index (χ1) is 13.7. The normalized spacial score (nSPS) is 14.2. The van der Waals surface area contributed by atoms with Crippen LogP contribution >= 0.6 is 11.3 Å². The maximum absolute atomic E-state index is 12.7. The van der Waals surface area contributed by atoms with Crippen molar-refractivity contribution in [1.29, 1.82) is 0 Å². The number of rotatable bonds is 9. The fraction of sp³-hybridized carbons (Fsp3) is 0.364. The quantitative estimate of drug-likeness (QED) is 0.628. The summed E-state index contributed by atoms with van der Waals surface area (Å²) in [5, 5.41) is 8.03. The first-order valence-corrected chi connectivity index (χ1v) is 10.6. The molecular weight excluding hydrogens is 370 g/mol. The van der Waals surface area contributed by atoms with Gasteiger partial charge in [-0.25, -0.2) is 0 Å². The van der Waals surface area contributed by atoms with Gasteiger partial charge in [0.15, 0.2) is 0 Å². The largest absolute Gasteiger partial charge is 0.349 e. The zero-order valence-electron chi connectivity index (χ0n) is 16.0. The van der Waals surface area contributed by atoms with Gasteiger partial charge in [-0.15, -0.1) is 17.9 Å². The molecule has 1 aromatic carbocycles. The van der Waals surface area contributed by atoms with E-state index >= 15 is 0 Å². The molecule has 5 nitrogen and oxygen atoms in total. The molecule has 1 aromatic heterocycles. The Hall–Kier alpha value is -2.44. The SMILES string of the molecule is C=CCN(CC(=O)Nc1ccccc1C(=O)NC1CCCC1)Cc1cccs1. The summed E-state index contributed by atoms with van der Waals surface area (Å²) in [5.41, 5.74) is 1.06. The van der Waals surface area contributed by atoms with Crippen molar-refractivity contribution in [3.63, 3.8) is 0 Å². The number of benzene rings is 1. The van der Waals surface area contributed by atoms with Crippen LogP contribution in [0.3, 0.4) is 0 Å². The van der Waals surface area contributed by atoms with E-state index in [-0.39, 0.29) is 24.4 Å². The monoisotopic (exact) mass is 397 g/mol. The van der Waals surface area contributed by atoms with Crippen LogP contribution in [0.5, 0.6) is 0 Å². The molecule has 3 rings (SSSR count). The van der Waals surface area contributed by atoms with Crippen LogP contribution in [0.4, 0.5) is 5.69 Å². The van der Waals surface area contributed by atoms with E-state index in [1.54, 1.807) is 29.5 Å². The Morgan fingerprint density at radius 3 is 2.68 bits per heavy atom. The summed E-state index contributed by atoms with van der Waals surface area (Å²) in [4.78, 5) is 28.5. The van der Waals surface area contributed by atoms with E-state index in [1.165, 1.54) is 4.88 Å². The number of thiophene rings is 1. The van der Waals surface area contributed by atoms with Crippen LogP contribution in [-0.2, 0) is 11.3 Å². The van der Waals surface area contributed by atoms with E-state index in [0.717, 1.165) is 25.7 Å². The second kappa shape index (κ2) is 10.2. The lowest BCUT2D eigenvalue weighted by atomic mass is 10.1. The minimum absolute atomic E-state index is 0.121. The molecule has 28 heavy (non-hydrogen) atoms. The van der Waals surface area contributed by atoms with Crippen LogP contribution in [0.2, 0.25) is 0 Å². The van der Waals surface area contributed by atoms with E-state index in [9.17, 15) is 9.59 Å². The summed E-state index contributed by atoms with van der Waals surface area (Å²) < 4.78 is 0. The third-order valence-electron chi connectivity index (χ3n) is 4.85. The topological polar surface area (TPSA) is 61.4 Å². The molecule has 1 aliphatic rings. The van der Waals surface area contributed by atoms with Crippen LogP contribution in [0.1, 0.15) is 40.9 Å². The number of hydrogen-bond acceptors (Lipinski definition) is 4. The molecule has 1 heterocycles. The lowest BCUT2D eigenvalue weighted by Gasteiger charge is -2.20. The second-order valence-electron chi connectivity index (χ2n) is 7.09. The van der Waals surface area contributed by atoms with Crippen LogP contribution < -0.4 is 10.6 Å². The molecule has 0 saturated heterocycles. The van der Waals surface area contributed by atoms with Crippen molar-refractivity contribution < 1.29 is 9.59 Å². The average molecular weight is 398 g/mol. The molecule has 1 saturated carbocycles. The van der Waals surface area contributed by atoms with Crippen molar-refractivity contribution in [2.24, 2.45) is 0 Å². The van der Waals surface area contributed by atoms with Gasteiger partial charge in [-0.1, -0.05) is 37.1 Å². The summed E-state index contributed by atoms with van der Waals surface area (Å²) in [5.74, 6) is -0.260. The molecule has 2 amide bonds. The first-order valence-electron chi connectivity index (χ1n) is 9.71. The molecule has 0 radical (unpaired) electrons. The van der Waals surface area contributed by atoms with Crippen LogP contribution in [0, 0.1) is 0 Å². The molecule has 0 aliphatic heterocycles. The zero-order chi connectivity index (χ0) is 19.8. The fourth-order valence-electron chi connectivity index (χ4n) is 3.51. The van der Waals surface area contributed by atoms with E-state index < -0.39 is 0 Å². The van der Waals surface area contributed by atoms with Crippen molar-refractivity contribution in [2.45, 2.75) is 38.3 Å². The highest BCUT2D eigenvalue weighted by atomic mass is 32.1. The summed E-state index contributed by atoms with van der Waals surface area (Å²) in [6.07, 6.45) is 6.17. The Morgan fingerprint density at radius 1 is 1.18 bits per heavy atom. The van der Waals surface area contributed by atoms with E-state index in [1.807, 2.05) is 28.5 Å². The Labute approximate surface area is 170 Å². The zero-order valence-corrected chi connectivity index (χ0v) is 16.8. The third-order valence-corrected chi connectivity index (χ3v) is 5.71. The Kier molecular flexibility index (Phi) is 7.39. The molecular formula is C22H27N3O2S. The molecule has 0 atom stereocenters. The number of carbonyl (C=O) groups is 2. The van der Waals surface area contributed by atoms with Crippen molar-refractivity contribution >= 4 is 28.8 Å². The minimum atomic E-state index is -0.139. The van der Waals surface area contributed by atoms with Crippen molar-refractivity contribution in [1.82, 2.24) is 10.2 Å². The highest BCUT2D eigenvalue weighted by Crippen LogP contribution is 2.20. The lowest BCUT2D eigenvalue weighted by molar-refractivity contribution is -0.117. The van der Waals surface area contributed by atoms with Gasteiger partial charge in [0.25, 0.3) is 5.91 Å². The second-order valence-corrected chi connectivity index (χ2v) is 8.12. The number of nitrogens with zero attached hydrogens (tertiary/aromatic N) is 1. The molecule has 148 valence electrons. The summed E-state index contributed by atoms with van der Waals surface area (Å²) in [6.45, 7) is 5.34. The van der Waals surface area contributed by atoms with Gasteiger partial charge in [-0.3, -0.25) is 14.5 Å². The molecule has 0 unspecified atom stereocenters. The number of nitrogens with one attached hydrogen (secondary N) is 2. The summed E-state index contributed by atoms with van der Waals surface area (Å²) in [7, 11) is 0. The maximum Gasteiger partial charge on any atom is 0.253 e. The molecule has 2 aromatic rings. The number of carbonyl (C=O) groups excluding carboxylic acids is 2. The average Bonchev–Trinajstić information content (AvgIpc) is 3.36. The van der Waals surface area contributed by atoms with Crippen molar-refractivity contribution in [2.75, 3.05) is 18.4 Å². The summed E-state index contributed by atoms with van der Waals surface area (Å²) in [6, 6.07) is 11.5. The number of para-hydroxylation sites is 1. The minimum Gasteiger partial charge on any atom is -0.349 e. The number of amides is 2. The molecule has 0 bridgehead atoms. The predicted molar refractivity (Wildman–Crippen MR) is 115 cm³/mol. The maximum atomic E-state index is 12.7. The summed E-state index contributed by atoms with van der Waals surface area (Å²) >= 11 is 1.67. The van der Waals surface area contributed by atoms with Crippen LogP contribution in [-0.4, -0.2) is 35.8 Å². The van der Waals surface area contributed by atoms with Gasteiger partial charge in [0, 0.05) is 24.0 Å². The predicted octanol–water partition coefficient (Wildman–Crippen LogP) is 4.05. The molecule has 2 N–H and O–H groups in total.